The minimum absolute atomic E-state index is 0.479. The third-order valence-electron chi connectivity index (χ3n) is 3.74. The van der Waals surface area contributed by atoms with Gasteiger partial charge in [-0.05, 0) is 38.8 Å². The Balaban J connectivity index is 1.89. The molecule has 2 heterocycles. The van der Waals surface area contributed by atoms with Crippen molar-refractivity contribution >= 4 is 0 Å². The summed E-state index contributed by atoms with van der Waals surface area (Å²) in [6, 6.07) is 0. The highest BCUT2D eigenvalue weighted by atomic mass is 16.5. The number of rotatable bonds is 4. The molecule has 0 unspecified atom stereocenters. The Morgan fingerprint density at radius 2 is 1.93 bits per heavy atom. The van der Waals surface area contributed by atoms with E-state index in [2.05, 4.69) is 5.32 Å². The Hall–Kier alpha value is -0.120. The van der Waals surface area contributed by atoms with Crippen molar-refractivity contribution in [2.24, 2.45) is 11.3 Å². The first-order chi connectivity index (χ1) is 6.87. The van der Waals surface area contributed by atoms with Crippen molar-refractivity contribution in [2.75, 3.05) is 40.0 Å². The largest absolute Gasteiger partial charge is 0.381 e. The summed E-state index contributed by atoms with van der Waals surface area (Å²) in [5.74, 6) is 0.832. The van der Waals surface area contributed by atoms with Gasteiger partial charge in [0.05, 0.1) is 13.2 Å². The van der Waals surface area contributed by atoms with E-state index >= 15 is 0 Å². The molecule has 0 radical (unpaired) electrons. The average Bonchev–Trinajstić information content (AvgIpc) is 2.18. The maximum absolute atomic E-state index is 5.42. The van der Waals surface area contributed by atoms with Crippen molar-refractivity contribution in [2.45, 2.75) is 19.3 Å². The van der Waals surface area contributed by atoms with Crippen LogP contribution >= 0.6 is 0 Å². The molecule has 14 heavy (non-hydrogen) atoms. The minimum atomic E-state index is 0.479. The number of ether oxygens (including phenoxy) is 2. The summed E-state index contributed by atoms with van der Waals surface area (Å²) in [6.07, 6.45) is 3.72. The Labute approximate surface area is 86.2 Å². The molecule has 0 saturated carbocycles. The van der Waals surface area contributed by atoms with Crippen molar-refractivity contribution in [1.82, 2.24) is 5.32 Å². The van der Waals surface area contributed by atoms with Crippen LogP contribution in [0.2, 0.25) is 0 Å². The quantitative estimate of drug-likeness (QED) is 0.734. The average molecular weight is 199 g/mol. The van der Waals surface area contributed by atoms with Crippen LogP contribution in [0.15, 0.2) is 0 Å². The molecule has 2 aliphatic heterocycles. The summed E-state index contributed by atoms with van der Waals surface area (Å²) < 4.78 is 10.8. The van der Waals surface area contributed by atoms with Crippen LogP contribution in [0, 0.1) is 11.3 Å². The zero-order valence-electron chi connectivity index (χ0n) is 9.05. The topological polar surface area (TPSA) is 30.5 Å². The van der Waals surface area contributed by atoms with Crippen molar-refractivity contribution in [3.05, 3.63) is 0 Å². The molecule has 3 heteroatoms. The Kier molecular flexibility index (Phi) is 3.42. The summed E-state index contributed by atoms with van der Waals surface area (Å²) in [7, 11) is 2.03. The monoisotopic (exact) mass is 199 g/mol. The maximum Gasteiger partial charge on any atom is 0.0547 e. The molecule has 0 atom stereocenters. The van der Waals surface area contributed by atoms with E-state index in [4.69, 9.17) is 9.47 Å². The molecule has 2 rings (SSSR count). The van der Waals surface area contributed by atoms with Crippen LogP contribution in [0.3, 0.4) is 0 Å². The number of nitrogens with one attached hydrogen (secondary N) is 1. The highest BCUT2D eigenvalue weighted by Crippen LogP contribution is 2.43. The molecule has 2 aliphatic rings. The van der Waals surface area contributed by atoms with Crippen LogP contribution in [0.4, 0.5) is 0 Å². The van der Waals surface area contributed by atoms with Crippen molar-refractivity contribution in [3.63, 3.8) is 0 Å². The molecular formula is C11H21NO2. The lowest BCUT2D eigenvalue weighted by molar-refractivity contribution is -0.165. The fourth-order valence-corrected chi connectivity index (χ4v) is 2.63. The van der Waals surface area contributed by atoms with Crippen LogP contribution in [0.25, 0.3) is 0 Å². The molecule has 82 valence electrons. The van der Waals surface area contributed by atoms with E-state index in [0.29, 0.717) is 5.41 Å². The van der Waals surface area contributed by atoms with Gasteiger partial charge in [0, 0.05) is 18.6 Å². The Bertz CT molecular complexity index is 174. The Morgan fingerprint density at radius 1 is 1.21 bits per heavy atom. The molecular weight excluding hydrogens is 178 g/mol. The molecule has 0 spiro atoms. The summed E-state index contributed by atoms with van der Waals surface area (Å²) in [4.78, 5) is 0. The maximum atomic E-state index is 5.42. The molecule has 0 aliphatic carbocycles. The first-order valence-corrected chi connectivity index (χ1v) is 5.67. The van der Waals surface area contributed by atoms with Gasteiger partial charge in [-0.3, -0.25) is 0 Å². The summed E-state index contributed by atoms with van der Waals surface area (Å²) in [6.45, 7) is 4.96. The molecule has 0 aromatic rings. The van der Waals surface area contributed by atoms with E-state index in [1.54, 1.807) is 0 Å². The lowest BCUT2D eigenvalue weighted by atomic mass is 9.68. The van der Waals surface area contributed by atoms with E-state index in [1.165, 1.54) is 19.3 Å². The Morgan fingerprint density at radius 3 is 2.43 bits per heavy atom. The molecule has 1 N–H and O–H groups in total. The smallest absolute Gasteiger partial charge is 0.0547 e. The van der Waals surface area contributed by atoms with Crippen LogP contribution in [0.1, 0.15) is 19.3 Å². The van der Waals surface area contributed by atoms with Gasteiger partial charge in [-0.1, -0.05) is 0 Å². The van der Waals surface area contributed by atoms with E-state index < -0.39 is 0 Å². The van der Waals surface area contributed by atoms with Gasteiger partial charge in [-0.15, -0.1) is 0 Å². The standard InChI is InChI=1S/C11H21NO2/c1-12-5-4-11(8-14-9-11)10-2-6-13-7-3-10/h10,12H,2-9H2,1H3. The zero-order valence-corrected chi connectivity index (χ0v) is 9.05. The van der Waals surface area contributed by atoms with Crippen LogP contribution in [-0.4, -0.2) is 40.0 Å². The van der Waals surface area contributed by atoms with Crippen LogP contribution in [-0.2, 0) is 9.47 Å². The van der Waals surface area contributed by atoms with E-state index in [1.807, 2.05) is 7.05 Å². The molecule has 0 aromatic carbocycles. The molecule has 2 fully saturated rings. The lowest BCUT2D eigenvalue weighted by Crippen LogP contribution is -2.51. The number of hydrogen-bond donors (Lipinski definition) is 1. The second kappa shape index (κ2) is 4.60. The first-order valence-electron chi connectivity index (χ1n) is 5.67. The van der Waals surface area contributed by atoms with E-state index in [9.17, 15) is 0 Å². The summed E-state index contributed by atoms with van der Waals surface area (Å²) >= 11 is 0. The van der Waals surface area contributed by atoms with Gasteiger partial charge in [0.2, 0.25) is 0 Å². The zero-order chi connectivity index (χ0) is 9.86. The van der Waals surface area contributed by atoms with E-state index in [0.717, 1.165) is 38.9 Å². The van der Waals surface area contributed by atoms with Crippen LogP contribution < -0.4 is 5.32 Å². The highest BCUT2D eigenvalue weighted by Gasteiger charge is 2.45. The fraction of sp³-hybridized carbons (Fsp3) is 1.00. The second-order valence-electron chi connectivity index (χ2n) is 4.60. The van der Waals surface area contributed by atoms with Gasteiger partial charge in [-0.2, -0.15) is 0 Å². The van der Waals surface area contributed by atoms with Crippen molar-refractivity contribution < 1.29 is 9.47 Å². The lowest BCUT2D eigenvalue weighted by Gasteiger charge is -2.48. The molecule has 0 aromatic heterocycles. The summed E-state index contributed by atoms with van der Waals surface area (Å²) in [5.41, 5.74) is 0.479. The van der Waals surface area contributed by atoms with Crippen molar-refractivity contribution in [1.29, 1.82) is 0 Å². The third kappa shape index (κ3) is 1.95. The second-order valence-corrected chi connectivity index (χ2v) is 4.60. The summed E-state index contributed by atoms with van der Waals surface area (Å²) in [5, 5.41) is 3.24. The fourth-order valence-electron chi connectivity index (χ4n) is 2.63. The third-order valence-corrected chi connectivity index (χ3v) is 3.74. The first kappa shape index (κ1) is 10.4. The van der Waals surface area contributed by atoms with Gasteiger partial charge < -0.3 is 14.8 Å². The van der Waals surface area contributed by atoms with E-state index in [-0.39, 0.29) is 0 Å². The highest BCUT2D eigenvalue weighted by molar-refractivity contribution is 4.93. The minimum Gasteiger partial charge on any atom is -0.381 e. The predicted octanol–water partition coefficient (Wildman–Crippen LogP) is 1.04. The molecule has 0 amide bonds. The van der Waals surface area contributed by atoms with Crippen LogP contribution in [0.5, 0.6) is 0 Å². The van der Waals surface area contributed by atoms with Gasteiger partial charge >= 0.3 is 0 Å². The predicted molar refractivity (Wildman–Crippen MR) is 55.3 cm³/mol. The molecule has 3 nitrogen and oxygen atoms in total. The van der Waals surface area contributed by atoms with Gasteiger partial charge in [0.1, 0.15) is 0 Å². The SMILES string of the molecule is CNCCC1(C2CCOCC2)COC1. The number of hydrogen-bond acceptors (Lipinski definition) is 3. The van der Waals surface area contributed by atoms with Crippen molar-refractivity contribution in [3.8, 4) is 0 Å². The van der Waals surface area contributed by atoms with Gasteiger partial charge in [0.15, 0.2) is 0 Å². The molecule has 0 bridgehead atoms. The van der Waals surface area contributed by atoms with Gasteiger partial charge in [-0.25, -0.2) is 0 Å². The van der Waals surface area contributed by atoms with Gasteiger partial charge in [0.25, 0.3) is 0 Å². The molecule has 2 saturated heterocycles. The normalized spacial score (nSPS) is 27.2.